The smallest absolute Gasteiger partial charge is 0.173 e. The van der Waals surface area contributed by atoms with Gasteiger partial charge in [0.15, 0.2) is 6.29 Å². The van der Waals surface area contributed by atoms with Crippen LogP contribution in [0.1, 0.15) is 40.5 Å². The van der Waals surface area contributed by atoms with Crippen LogP contribution in [0.15, 0.2) is 0 Å². The van der Waals surface area contributed by atoms with E-state index in [0.717, 1.165) is 19.4 Å². The van der Waals surface area contributed by atoms with Crippen LogP contribution in [0.25, 0.3) is 0 Å². The zero-order chi connectivity index (χ0) is 12.2. The summed E-state index contributed by atoms with van der Waals surface area (Å²) in [6.45, 7) is 10.2. The first-order valence-corrected chi connectivity index (χ1v) is 6.16. The van der Waals surface area contributed by atoms with Crippen LogP contribution in [-0.2, 0) is 9.47 Å². The normalized spacial score (nSPS) is 12.3. The fourth-order valence-corrected chi connectivity index (χ4v) is 1.42. The molecule has 0 aromatic heterocycles. The van der Waals surface area contributed by atoms with Gasteiger partial charge in [-0.05, 0) is 33.7 Å². The lowest BCUT2D eigenvalue weighted by Gasteiger charge is -2.26. The van der Waals surface area contributed by atoms with Crippen LogP contribution in [-0.4, -0.2) is 32.1 Å². The van der Waals surface area contributed by atoms with Crippen LogP contribution in [0, 0.1) is 11.8 Å². The molecule has 0 heterocycles. The fraction of sp³-hybridized carbons (Fsp3) is 0.846. The molecule has 94 valence electrons. The van der Waals surface area contributed by atoms with Crippen molar-refractivity contribution in [1.82, 2.24) is 5.32 Å². The van der Waals surface area contributed by atoms with Crippen LogP contribution in [0.5, 0.6) is 0 Å². The van der Waals surface area contributed by atoms with Crippen LogP contribution in [0.4, 0.5) is 0 Å². The predicted octanol–water partition coefficient (Wildman–Crippen LogP) is 2.17. The molecular formula is C13H25NO2. The lowest BCUT2D eigenvalue weighted by Crippen LogP contribution is -2.43. The highest BCUT2D eigenvalue weighted by Gasteiger charge is 2.20. The Kier molecular flexibility index (Phi) is 10.6. The molecule has 0 saturated carbocycles. The number of rotatable bonds is 9. The van der Waals surface area contributed by atoms with Crippen molar-refractivity contribution in [3.8, 4) is 11.8 Å². The highest BCUT2D eigenvalue weighted by atomic mass is 16.7. The third-order valence-corrected chi connectivity index (χ3v) is 2.15. The van der Waals surface area contributed by atoms with E-state index in [1.54, 1.807) is 0 Å². The Morgan fingerprint density at radius 3 is 2.19 bits per heavy atom. The van der Waals surface area contributed by atoms with Gasteiger partial charge in [-0.15, -0.1) is 11.8 Å². The average molecular weight is 227 g/mol. The Morgan fingerprint density at radius 1 is 1.12 bits per heavy atom. The molecule has 0 bridgehead atoms. The minimum atomic E-state index is -0.192. The molecule has 0 aromatic rings. The Morgan fingerprint density at radius 2 is 1.75 bits per heavy atom. The van der Waals surface area contributed by atoms with Crippen LogP contribution < -0.4 is 5.32 Å². The van der Waals surface area contributed by atoms with Gasteiger partial charge in [0.25, 0.3) is 0 Å². The van der Waals surface area contributed by atoms with Crippen LogP contribution in [0.3, 0.4) is 0 Å². The second-order valence-electron chi connectivity index (χ2n) is 3.47. The van der Waals surface area contributed by atoms with Crippen molar-refractivity contribution in [2.75, 3.05) is 19.8 Å². The Hall–Kier alpha value is -0.560. The molecule has 0 radical (unpaired) electrons. The predicted molar refractivity (Wildman–Crippen MR) is 67.2 cm³/mol. The van der Waals surface area contributed by atoms with Crippen molar-refractivity contribution < 1.29 is 9.47 Å². The van der Waals surface area contributed by atoms with Gasteiger partial charge in [0.05, 0.1) is 6.04 Å². The van der Waals surface area contributed by atoms with Crippen molar-refractivity contribution in [2.24, 2.45) is 0 Å². The van der Waals surface area contributed by atoms with Crippen molar-refractivity contribution in [2.45, 2.75) is 52.9 Å². The van der Waals surface area contributed by atoms with Gasteiger partial charge >= 0.3 is 0 Å². The SMILES string of the molecule is CC#CCC(NCCC)C(OCC)OCC. The summed E-state index contributed by atoms with van der Waals surface area (Å²) in [7, 11) is 0. The zero-order valence-corrected chi connectivity index (χ0v) is 11.0. The van der Waals surface area contributed by atoms with E-state index < -0.39 is 0 Å². The first-order chi connectivity index (χ1) is 7.79. The van der Waals surface area contributed by atoms with Crippen molar-refractivity contribution in [3.05, 3.63) is 0 Å². The summed E-state index contributed by atoms with van der Waals surface area (Å²) in [5.41, 5.74) is 0. The monoisotopic (exact) mass is 227 g/mol. The summed E-state index contributed by atoms with van der Waals surface area (Å²) < 4.78 is 11.2. The van der Waals surface area contributed by atoms with E-state index in [0.29, 0.717) is 13.2 Å². The van der Waals surface area contributed by atoms with Gasteiger partial charge < -0.3 is 14.8 Å². The van der Waals surface area contributed by atoms with Gasteiger partial charge in [0, 0.05) is 19.6 Å². The van der Waals surface area contributed by atoms with E-state index in [2.05, 4.69) is 24.1 Å². The molecule has 0 saturated heterocycles. The largest absolute Gasteiger partial charge is 0.351 e. The maximum absolute atomic E-state index is 5.59. The summed E-state index contributed by atoms with van der Waals surface area (Å²) in [6.07, 6.45) is 1.67. The van der Waals surface area contributed by atoms with E-state index >= 15 is 0 Å². The molecule has 3 nitrogen and oxygen atoms in total. The molecule has 0 aliphatic rings. The highest BCUT2D eigenvalue weighted by molar-refractivity contribution is 4.99. The fourth-order valence-electron chi connectivity index (χ4n) is 1.42. The molecule has 1 atom stereocenters. The quantitative estimate of drug-likeness (QED) is 0.484. The molecule has 1 unspecified atom stereocenters. The summed E-state index contributed by atoms with van der Waals surface area (Å²) in [6, 6.07) is 0.160. The van der Waals surface area contributed by atoms with Crippen molar-refractivity contribution in [3.63, 3.8) is 0 Å². The Balaban J connectivity index is 4.30. The molecule has 1 N–H and O–H groups in total. The van der Waals surface area contributed by atoms with Gasteiger partial charge in [-0.2, -0.15) is 0 Å². The van der Waals surface area contributed by atoms with E-state index in [1.165, 1.54) is 0 Å². The summed E-state index contributed by atoms with van der Waals surface area (Å²) >= 11 is 0. The molecule has 0 amide bonds. The second-order valence-corrected chi connectivity index (χ2v) is 3.47. The molecule has 16 heavy (non-hydrogen) atoms. The highest BCUT2D eigenvalue weighted by Crippen LogP contribution is 2.06. The molecule has 3 heteroatoms. The molecule has 0 spiro atoms. The number of hydrogen-bond donors (Lipinski definition) is 1. The maximum Gasteiger partial charge on any atom is 0.173 e. The van der Waals surface area contributed by atoms with Crippen molar-refractivity contribution in [1.29, 1.82) is 0 Å². The van der Waals surface area contributed by atoms with Crippen molar-refractivity contribution >= 4 is 0 Å². The molecule has 0 aliphatic heterocycles. The number of ether oxygens (including phenoxy) is 2. The lowest BCUT2D eigenvalue weighted by atomic mass is 10.2. The summed E-state index contributed by atoms with van der Waals surface area (Å²) in [4.78, 5) is 0. The first-order valence-electron chi connectivity index (χ1n) is 6.16. The number of nitrogens with one attached hydrogen (secondary N) is 1. The molecule has 0 aliphatic carbocycles. The van der Waals surface area contributed by atoms with Crippen LogP contribution >= 0.6 is 0 Å². The maximum atomic E-state index is 5.59. The van der Waals surface area contributed by atoms with Gasteiger partial charge in [-0.1, -0.05) is 6.92 Å². The summed E-state index contributed by atoms with van der Waals surface area (Å²) in [5, 5.41) is 3.42. The topological polar surface area (TPSA) is 30.5 Å². The average Bonchev–Trinajstić information content (AvgIpc) is 2.29. The van der Waals surface area contributed by atoms with Gasteiger partial charge in [0.1, 0.15) is 0 Å². The third kappa shape index (κ3) is 6.84. The standard InChI is InChI=1S/C13H25NO2/c1-5-9-10-12(14-11-6-2)13(15-7-3)16-8-4/h12-14H,6-8,10-11H2,1-4H3. The van der Waals surface area contributed by atoms with E-state index in [-0.39, 0.29) is 12.3 Å². The van der Waals surface area contributed by atoms with E-state index in [4.69, 9.17) is 9.47 Å². The van der Waals surface area contributed by atoms with Crippen LogP contribution in [0.2, 0.25) is 0 Å². The molecular weight excluding hydrogens is 202 g/mol. The molecule has 0 rings (SSSR count). The van der Waals surface area contributed by atoms with Gasteiger partial charge in [-0.25, -0.2) is 0 Å². The van der Waals surface area contributed by atoms with Gasteiger partial charge in [-0.3, -0.25) is 0 Å². The first kappa shape index (κ1) is 15.4. The van der Waals surface area contributed by atoms with E-state index in [1.807, 2.05) is 20.8 Å². The Bertz CT molecular complexity index is 202. The second kappa shape index (κ2) is 10.9. The summed E-state index contributed by atoms with van der Waals surface area (Å²) in [5.74, 6) is 5.99. The van der Waals surface area contributed by atoms with E-state index in [9.17, 15) is 0 Å². The zero-order valence-electron chi connectivity index (χ0n) is 11.0. The number of hydrogen-bond acceptors (Lipinski definition) is 3. The lowest BCUT2D eigenvalue weighted by molar-refractivity contribution is -0.153. The minimum absolute atomic E-state index is 0.160. The third-order valence-electron chi connectivity index (χ3n) is 2.15. The minimum Gasteiger partial charge on any atom is -0.351 e. The Labute approximate surface area is 99.9 Å². The van der Waals surface area contributed by atoms with Gasteiger partial charge in [0.2, 0.25) is 0 Å². The molecule has 0 aromatic carbocycles. The molecule has 0 fully saturated rings.